The fourth-order valence-electron chi connectivity index (χ4n) is 2.91. The Balaban J connectivity index is 1.78. The maximum Gasteiger partial charge on any atom is 0.317 e. The number of benzene rings is 1. The van der Waals surface area contributed by atoms with Gasteiger partial charge in [-0.2, -0.15) is 0 Å². The van der Waals surface area contributed by atoms with Crippen molar-refractivity contribution in [2.45, 2.75) is 45.7 Å². The first-order chi connectivity index (χ1) is 11.9. The molecule has 6 heteroatoms. The molecule has 1 aromatic carbocycles. The molecule has 0 atom stereocenters. The highest BCUT2D eigenvalue weighted by atomic mass is 16.5. The Morgan fingerprint density at radius 1 is 1.28 bits per heavy atom. The van der Waals surface area contributed by atoms with Gasteiger partial charge in [0.05, 0.1) is 13.2 Å². The Labute approximate surface area is 149 Å². The lowest BCUT2D eigenvalue weighted by Crippen LogP contribution is -2.54. The van der Waals surface area contributed by atoms with Gasteiger partial charge in [0.25, 0.3) is 5.91 Å². The quantitative estimate of drug-likeness (QED) is 0.716. The van der Waals surface area contributed by atoms with Crippen LogP contribution in [0.5, 0.6) is 5.75 Å². The van der Waals surface area contributed by atoms with Crippen molar-refractivity contribution >= 4 is 11.9 Å². The molecule has 0 saturated heterocycles. The lowest BCUT2D eigenvalue weighted by atomic mass is 9.85. The van der Waals surface area contributed by atoms with E-state index >= 15 is 0 Å². The second-order valence-corrected chi connectivity index (χ2v) is 6.98. The molecule has 0 heterocycles. The lowest BCUT2D eigenvalue weighted by molar-refractivity contribution is -0.139. The van der Waals surface area contributed by atoms with Gasteiger partial charge in [-0.1, -0.05) is 20.8 Å². The van der Waals surface area contributed by atoms with Crippen LogP contribution in [-0.2, 0) is 4.79 Å². The number of aliphatic carboxylic acids is 1. The minimum Gasteiger partial charge on any atom is -0.493 e. The van der Waals surface area contributed by atoms with E-state index in [4.69, 9.17) is 9.84 Å². The third-order valence-corrected chi connectivity index (χ3v) is 4.41. The minimum absolute atomic E-state index is 0.0552. The molecular weight excluding hydrogens is 320 g/mol. The van der Waals surface area contributed by atoms with E-state index in [1.54, 1.807) is 12.1 Å². The maximum atomic E-state index is 12.3. The lowest BCUT2D eigenvalue weighted by Gasteiger charge is -2.42. The third-order valence-electron chi connectivity index (χ3n) is 4.41. The van der Waals surface area contributed by atoms with Crippen molar-refractivity contribution in [2.24, 2.45) is 5.92 Å². The molecule has 0 radical (unpaired) electrons. The largest absolute Gasteiger partial charge is 0.493 e. The second-order valence-electron chi connectivity index (χ2n) is 6.98. The summed E-state index contributed by atoms with van der Waals surface area (Å²) in [5.74, 6) is 0.314. The van der Waals surface area contributed by atoms with Gasteiger partial charge in [-0.25, -0.2) is 0 Å². The molecule has 2 rings (SSSR count). The molecule has 1 fully saturated rings. The van der Waals surface area contributed by atoms with Crippen molar-refractivity contribution in [3.63, 3.8) is 0 Å². The summed E-state index contributed by atoms with van der Waals surface area (Å²) in [5.41, 5.74) is 0.609. The Morgan fingerprint density at radius 3 is 2.44 bits per heavy atom. The van der Waals surface area contributed by atoms with E-state index in [1.165, 1.54) is 0 Å². The number of nitrogens with one attached hydrogen (secondary N) is 1. The van der Waals surface area contributed by atoms with Crippen molar-refractivity contribution in [1.82, 2.24) is 10.2 Å². The first kappa shape index (κ1) is 19.2. The Hall–Kier alpha value is -2.08. The van der Waals surface area contributed by atoms with E-state index in [-0.39, 0.29) is 24.5 Å². The van der Waals surface area contributed by atoms with E-state index in [2.05, 4.69) is 19.2 Å². The highest BCUT2D eigenvalue weighted by molar-refractivity contribution is 5.94. The van der Waals surface area contributed by atoms with Gasteiger partial charge < -0.3 is 15.2 Å². The zero-order chi connectivity index (χ0) is 18.4. The first-order valence-corrected chi connectivity index (χ1v) is 8.88. The van der Waals surface area contributed by atoms with Gasteiger partial charge >= 0.3 is 5.97 Å². The molecule has 0 bridgehead atoms. The smallest absolute Gasteiger partial charge is 0.317 e. The molecule has 0 aliphatic heterocycles. The maximum absolute atomic E-state index is 12.3. The second kappa shape index (κ2) is 8.85. The summed E-state index contributed by atoms with van der Waals surface area (Å²) in [6, 6.07) is 7.50. The molecule has 1 aliphatic carbocycles. The number of ether oxygens (including phenoxy) is 1. The summed E-state index contributed by atoms with van der Waals surface area (Å²) >= 11 is 0. The number of likely N-dealkylation sites (N-methyl/N-ethyl adjacent to an activating group) is 1. The van der Waals surface area contributed by atoms with Crippen LogP contribution in [0.4, 0.5) is 0 Å². The predicted molar refractivity (Wildman–Crippen MR) is 95.9 cm³/mol. The number of carboxylic acid groups (broad SMARTS) is 1. The van der Waals surface area contributed by atoms with Crippen LogP contribution in [0.3, 0.4) is 0 Å². The van der Waals surface area contributed by atoms with Crippen molar-refractivity contribution in [3.8, 4) is 5.75 Å². The summed E-state index contributed by atoms with van der Waals surface area (Å²) in [6.07, 6.45) is 1.59. The van der Waals surface area contributed by atoms with Gasteiger partial charge in [0.1, 0.15) is 5.75 Å². The monoisotopic (exact) mass is 348 g/mol. The summed E-state index contributed by atoms with van der Waals surface area (Å²) < 4.78 is 5.61. The topological polar surface area (TPSA) is 78.9 Å². The summed E-state index contributed by atoms with van der Waals surface area (Å²) in [5, 5.41) is 11.9. The number of amides is 1. The van der Waals surface area contributed by atoms with Crippen molar-refractivity contribution in [2.75, 3.05) is 19.7 Å². The van der Waals surface area contributed by atoms with Crippen LogP contribution >= 0.6 is 0 Å². The average molecular weight is 348 g/mol. The Kier molecular flexibility index (Phi) is 6.82. The van der Waals surface area contributed by atoms with Crippen molar-refractivity contribution in [1.29, 1.82) is 0 Å². The van der Waals surface area contributed by atoms with E-state index < -0.39 is 5.97 Å². The normalized spacial score (nSPS) is 19.6. The number of hydrogen-bond acceptors (Lipinski definition) is 4. The van der Waals surface area contributed by atoms with Crippen LogP contribution in [0.25, 0.3) is 0 Å². The number of rotatable bonds is 9. The third kappa shape index (κ3) is 5.74. The number of carbonyl (C=O) groups is 2. The van der Waals surface area contributed by atoms with Gasteiger partial charge in [0.2, 0.25) is 0 Å². The summed E-state index contributed by atoms with van der Waals surface area (Å²) in [4.78, 5) is 25.1. The predicted octanol–water partition coefficient (Wildman–Crippen LogP) is 2.39. The fourth-order valence-corrected chi connectivity index (χ4v) is 2.91. The highest BCUT2D eigenvalue weighted by Gasteiger charge is 2.34. The minimum atomic E-state index is -0.811. The first-order valence-electron chi connectivity index (χ1n) is 8.88. The van der Waals surface area contributed by atoms with Crippen LogP contribution in [0, 0.1) is 5.92 Å². The van der Waals surface area contributed by atoms with Gasteiger partial charge in [-0.15, -0.1) is 0 Å². The van der Waals surface area contributed by atoms with Crippen LogP contribution in [-0.4, -0.2) is 53.7 Å². The van der Waals surface area contributed by atoms with E-state index in [0.717, 1.165) is 18.6 Å². The van der Waals surface area contributed by atoms with Gasteiger partial charge in [-0.3, -0.25) is 14.5 Å². The number of carboxylic acids is 1. The van der Waals surface area contributed by atoms with Crippen molar-refractivity contribution < 1.29 is 19.4 Å². The van der Waals surface area contributed by atoms with Crippen LogP contribution in [0.1, 0.15) is 44.0 Å². The molecular formula is C19H28N2O4. The van der Waals surface area contributed by atoms with E-state index in [0.29, 0.717) is 24.6 Å². The standard InChI is InChI=1S/C19H28N2O4/c1-4-21(11-18(22)23)16-9-15(10-16)20-19(24)14-5-7-17(8-6-14)25-12-13(2)3/h5-8,13,15-16H,4,9-12H2,1-3H3,(H,20,24)(H,22,23). The summed E-state index contributed by atoms with van der Waals surface area (Å²) in [7, 11) is 0. The van der Waals surface area contributed by atoms with Gasteiger partial charge in [0, 0.05) is 17.6 Å². The average Bonchev–Trinajstić information content (AvgIpc) is 2.54. The molecule has 2 N–H and O–H groups in total. The van der Waals surface area contributed by atoms with Gasteiger partial charge in [-0.05, 0) is 49.6 Å². The molecule has 138 valence electrons. The molecule has 0 aromatic heterocycles. The van der Waals surface area contributed by atoms with Crippen LogP contribution in [0.2, 0.25) is 0 Å². The van der Waals surface area contributed by atoms with Crippen molar-refractivity contribution in [3.05, 3.63) is 29.8 Å². The fraction of sp³-hybridized carbons (Fsp3) is 0.579. The molecule has 25 heavy (non-hydrogen) atoms. The zero-order valence-electron chi connectivity index (χ0n) is 15.2. The van der Waals surface area contributed by atoms with E-state index in [1.807, 2.05) is 24.0 Å². The highest BCUT2D eigenvalue weighted by Crippen LogP contribution is 2.26. The Bertz CT molecular complexity index is 580. The number of hydrogen-bond donors (Lipinski definition) is 2. The Morgan fingerprint density at radius 2 is 1.92 bits per heavy atom. The molecule has 0 unspecified atom stereocenters. The molecule has 1 amide bonds. The summed E-state index contributed by atoms with van der Waals surface area (Å²) in [6.45, 7) is 7.54. The molecule has 0 spiro atoms. The number of carbonyl (C=O) groups excluding carboxylic acids is 1. The van der Waals surface area contributed by atoms with E-state index in [9.17, 15) is 9.59 Å². The molecule has 6 nitrogen and oxygen atoms in total. The number of nitrogens with zero attached hydrogens (tertiary/aromatic N) is 1. The molecule has 1 aliphatic rings. The SMILES string of the molecule is CCN(CC(=O)O)C1CC(NC(=O)c2ccc(OCC(C)C)cc2)C1. The zero-order valence-corrected chi connectivity index (χ0v) is 15.2. The molecule has 1 aromatic rings. The van der Waals surface area contributed by atoms with Gasteiger partial charge in [0.15, 0.2) is 0 Å². The molecule has 1 saturated carbocycles. The van der Waals surface area contributed by atoms with Crippen LogP contribution < -0.4 is 10.1 Å². The van der Waals surface area contributed by atoms with Crippen LogP contribution in [0.15, 0.2) is 24.3 Å².